The second kappa shape index (κ2) is 9.21. The predicted molar refractivity (Wildman–Crippen MR) is 95.2 cm³/mol. The molecule has 0 radical (unpaired) electrons. The Hall–Kier alpha value is -1.36. The van der Waals surface area contributed by atoms with Crippen LogP contribution in [0.1, 0.15) is 68.3 Å². The highest BCUT2D eigenvalue weighted by Crippen LogP contribution is 2.40. The fourth-order valence-corrected chi connectivity index (χ4v) is 3.74. The number of aromatic nitrogens is 2. The normalized spacial score (nSPS) is 23.3. The van der Waals surface area contributed by atoms with Gasteiger partial charge in [0.25, 0.3) is 0 Å². The van der Waals surface area contributed by atoms with Crippen molar-refractivity contribution < 1.29 is 9.59 Å². The van der Waals surface area contributed by atoms with Crippen molar-refractivity contribution >= 4 is 24.1 Å². The molecule has 3 rings (SSSR count). The van der Waals surface area contributed by atoms with Crippen molar-refractivity contribution in [1.29, 1.82) is 0 Å². The number of hydrogen-bond acceptors (Lipinski definition) is 3. The van der Waals surface area contributed by atoms with Crippen molar-refractivity contribution in [3.8, 4) is 0 Å². The number of aromatic amines is 1. The van der Waals surface area contributed by atoms with Gasteiger partial charge in [-0.2, -0.15) is 0 Å². The first-order valence-corrected chi connectivity index (χ1v) is 9.06. The van der Waals surface area contributed by atoms with E-state index in [0.29, 0.717) is 12.1 Å². The van der Waals surface area contributed by atoms with Gasteiger partial charge in [0, 0.05) is 18.4 Å². The van der Waals surface area contributed by atoms with Crippen LogP contribution in [0.4, 0.5) is 0 Å². The molecule has 2 aliphatic rings. The monoisotopic (exact) mass is 353 g/mol. The van der Waals surface area contributed by atoms with Crippen LogP contribution < -0.4 is 5.32 Å². The second-order valence-corrected chi connectivity index (χ2v) is 7.07. The number of nitrogens with one attached hydrogen (secondary N) is 2. The van der Waals surface area contributed by atoms with E-state index < -0.39 is 0 Å². The molecule has 0 aliphatic heterocycles. The molecule has 0 bridgehead atoms. The van der Waals surface area contributed by atoms with Gasteiger partial charge in [0.1, 0.15) is 5.69 Å². The molecule has 2 N–H and O–H groups in total. The molecule has 1 aromatic rings. The van der Waals surface area contributed by atoms with Crippen molar-refractivity contribution in [2.75, 3.05) is 6.54 Å². The van der Waals surface area contributed by atoms with Gasteiger partial charge in [-0.1, -0.05) is 44.9 Å². The Balaban J connectivity index is 0.00000208. The molecule has 24 heavy (non-hydrogen) atoms. The summed E-state index contributed by atoms with van der Waals surface area (Å²) in [5.41, 5.74) is 0.512. The third kappa shape index (κ3) is 5.07. The van der Waals surface area contributed by atoms with Gasteiger partial charge in [0.15, 0.2) is 5.78 Å². The summed E-state index contributed by atoms with van der Waals surface area (Å²) in [5, 5.41) is 3.00. The standard InChI is InChI=1S/C18H27N3O2.ClH/c22-17(16-11-19-12-21-16)14-10-15(14)18(23)20-9-5-4-8-13-6-2-1-3-7-13;/h11-15H,1-10H2,(H,19,21)(H,20,23);1H/t14-,15+;/m0./s1. The molecule has 134 valence electrons. The number of H-pyrrole nitrogens is 1. The lowest BCUT2D eigenvalue weighted by atomic mass is 9.86. The summed E-state index contributed by atoms with van der Waals surface area (Å²) in [6, 6.07) is 0. The van der Waals surface area contributed by atoms with Gasteiger partial charge in [-0.05, 0) is 18.8 Å². The summed E-state index contributed by atoms with van der Waals surface area (Å²) in [4.78, 5) is 30.8. The van der Waals surface area contributed by atoms with Gasteiger partial charge in [-0.3, -0.25) is 9.59 Å². The average Bonchev–Trinajstić information content (AvgIpc) is 3.19. The zero-order valence-electron chi connectivity index (χ0n) is 14.1. The molecule has 0 aromatic carbocycles. The molecule has 0 saturated heterocycles. The van der Waals surface area contributed by atoms with E-state index in [1.807, 2.05) is 0 Å². The van der Waals surface area contributed by atoms with Crippen LogP contribution in [0.3, 0.4) is 0 Å². The number of Topliss-reactive ketones (excluding diaryl/α,β-unsaturated/α-hetero) is 1. The summed E-state index contributed by atoms with van der Waals surface area (Å²) in [6.07, 6.45) is 14.2. The van der Waals surface area contributed by atoms with Crippen LogP contribution in [0.2, 0.25) is 0 Å². The molecule has 2 aliphatic carbocycles. The number of unbranched alkanes of at least 4 members (excludes halogenated alkanes) is 1. The summed E-state index contributed by atoms with van der Waals surface area (Å²) >= 11 is 0. The number of carbonyl (C=O) groups excluding carboxylic acids is 2. The van der Waals surface area contributed by atoms with Crippen LogP contribution in [0.15, 0.2) is 12.5 Å². The zero-order valence-corrected chi connectivity index (χ0v) is 14.9. The highest BCUT2D eigenvalue weighted by molar-refractivity contribution is 6.02. The lowest BCUT2D eigenvalue weighted by Gasteiger charge is -2.21. The molecule has 2 fully saturated rings. The van der Waals surface area contributed by atoms with Crippen molar-refractivity contribution in [3.63, 3.8) is 0 Å². The molecule has 2 atom stereocenters. The molecule has 1 heterocycles. The van der Waals surface area contributed by atoms with E-state index in [4.69, 9.17) is 0 Å². The Morgan fingerprint density at radius 3 is 2.67 bits per heavy atom. The van der Waals surface area contributed by atoms with Crippen LogP contribution in [0.5, 0.6) is 0 Å². The Morgan fingerprint density at radius 2 is 1.96 bits per heavy atom. The minimum Gasteiger partial charge on any atom is -0.356 e. The van der Waals surface area contributed by atoms with E-state index in [2.05, 4.69) is 15.3 Å². The van der Waals surface area contributed by atoms with Crippen LogP contribution in [0.25, 0.3) is 0 Å². The van der Waals surface area contributed by atoms with Crippen molar-refractivity contribution in [2.45, 2.75) is 57.8 Å². The number of hydrogen-bond donors (Lipinski definition) is 2. The lowest BCUT2D eigenvalue weighted by molar-refractivity contribution is -0.122. The third-order valence-corrected chi connectivity index (χ3v) is 5.29. The number of halogens is 1. The molecule has 0 unspecified atom stereocenters. The van der Waals surface area contributed by atoms with Crippen molar-refractivity contribution in [2.24, 2.45) is 17.8 Å². The van der Waals surface area contributed by atoms with E-state index in [1.165, 1.54) is 57.5 Å². The Bertz CT molecular complexity index is 526. The van der Waals surface area contributed by atoms with Gasteiger partial charge in [0.2, 0.25) is 5.91 Å². The molecule has 2 saturated carbocycles. The van der Waals surface area contributed by atoms with Crippen LogP contribution in [-0.2, 0) is 4.79 Å². The van der Waals surface area contributed by atoms with E-state index in [0.717, 1.165) is 18.9 Å². The molecular formula is C18H28ClN3O2. The summed E-state index contributed by atoms with van der Waals surface area (Å²) in [7, 11) is 0. The molecule has 1 amide bonds. The summed E-state index contributed by atoms with van der Waals surface area (Å²) in [6.45, 7) is 0.743. The van der Waals surface area contributed by atoms with Gasteiger partial charge < -0.3 is 10.3 Å². The highest BCUT2D eigenvalue weighted by atomic mass is 35.5. The second-order valence-electron chi connectivity index (χ2n) is 7.07. The van der Waals surface area contributed by atoms with Gasteiger partial charge in [-0.25, -0.2) is 4.98 Å². The first kappa shape index (κ1) is 19.0. The Kier molecular flexibility index (Phi) is 7.28. The number of imidazole rings is 1. The maximum Gasteiger partial charge on any atom is 0.223 e. The zero-order chi connectivity index (χ0) is 16.1. The van der Waals surface area contributed by atoms with E-state index in [-0.39, 0.29) is 35.9 Å². The first-order chi connectivity index (χ1) is 11.3. The van der Waals surface area contributed by atoms with E-state index in [1.54, 1.807) is 0 Å². The first-order valence-electron chi connectivity index (χ1n) is 9.06. The minimum absolute atomic E-state index is 0. The lowest BCUT2D eigenvalue weighted by Crippen LogP contribution is -2.27. The van der Waals surface area contributed by atoms with Gasteiger partial charge in [-0.15, -0.1) is 12.4 Å². The summed E-state index contributed by atoms with van der Waals surface area (Å²) < 4.78 is 0. The molecule has 1 aromatic heterocycles. The molecule has 6 heteroatoms. The molecule has 0 spiro atoms. The molecule has 5 nitrogen and oxygen atoms in total. The van der Waals surface area contributed by atoms with Crippen LogP contribution in [-0.4, -0.2) is 28.2 Å². The maximum atomic E-state index is 12.1. The average molecular weight is 354 g/mol. The number of rotatable bonds is 8. The van der Waals surface area contributed by atoms with Gasteiger partial charge >= 0.3 is 0 Å². The largest absolute Gasteiger partial charge is 0.356 e. The van der Waals surface area contributed by atoms with Crippen LogP contribution in [0, 0.1) is 17.8 Å². The number of ketones is 1. The number of nitrogens with zero attached hydrogens (tertiary/aromatic N) is 1. The Morgan fingerprint density at radius 1 is 1.17 bits per heavy atom. The van der Waals surface area contributed by atoms with Crippen molar-refractivity contribution in [1.82, 2.24) is 15.3 Å². The Labute approximate surface area is 149 Å². The minimum atomic E-state index is -0.155. The SMILES string of the molecule is Cl.O=C(c1cnc[nH]1)[C@H]1C[C@H]1C(=O)NCCCCC1CCCCC1. The van der Waals surface area contributed by atoms with Crippen LogP contribution >= 0.6 is 12.4 Å². The highest BCUT2D eigenvalue weighted by Gasteiger charge is 2.48. The maximum absolute atomic E-state index is 12.1. The smallest absolute Gasteiger partial charge is 0.223 e. The predicted octanol–water partition coefficient (Wildman–Crippen LogP) is 3.52. The van der Waals surface area contributed by atoms with E-state index >= 15 is 0 Å². The topological polar surface area (TPSA) is 74.8 Å². The quantitative estimate of drug-likeness (QED) is 0.554. The number of carbonyl (C=O) groups is 2. The molecular weight excluding hydrogens is 326 g/mol. The fourth-order valence-electron chi connectivity index (χ4n) is 3.74. The summed E-state index contributed by atoms with van der Waals surface area (Å²) in [5.74, 6) is 0.682. The number of amides is 1. The fraction of sp³-hybridized carbons (Fsp3) is 0.722. The third-order valence-electron chi connectivity index (χ3n) is 5.29. The van der Waals surface area contributed by atoms with E-state index in [9.17, 15) is 9.59 Å². The van der Waals surface area contributed by atoms with Gasteiger partial charge in [0.05, 0.1) is 12.5 Å². The van der Waals surface area contributed by atoms with Crippen molar-refractivity contribution in [3.05, 3.63) is 18.2 Å².